The van der Waals surface area contributed by atoms with Gasteiger partial charge >= 0.3 is 5.97 Å². The third-order valence-corrected chi connectivity index (χ3v) is 1.44. The second-order valence-corrected chi connectivity index (χ2v) is 2.27. The first-order valence-corrected chi connectivity index (χ1v) is 3.22. The lowest BCUT2D eigenvalue weighted by molar-refractivity contribution is 0.0692. The molecule has 4 nitrogen and oxygen atoms in total. The van der Waals surface area contributed by atoms with E-state index >= 15 is 0 Å². The van der Waals surface area contributed by atoms with Crippen LogP contribution in [0.25, 0.3) is 0 Å². The van der Waals surface area contributed by atoms with E-state index in [1.54, 1.807) is 0 Å². The van der Waals surface area contributed by atoms with E-state index in [4.69, 9.17) is 15.5 Å². The Morgan fingerprint density at radius 3 is 2.62 bits per heavy atom. The molecule has 13 heavy (non-hydrogen) atoms. The van der Waals surface area contributed by atoms with Crippen molar-refractivity contribution in [2.45, 2.75) is 0 Å². The summed E-state index contributed by atoms with van der Waals surface area (Å²) in [4.78, 5) is 10.4. The predicted octanol–water partition coefficient (Wildman–Crippen LogP) is 1.10. The zero-order chi connectivity index (χ0) is 10.0. The molecule has 1 aromatic carbocycles. The Morgan fingerprint density at radius 1 is 1.54 bits per heavy atom. The molecule has 0 amide bonds. The van der Waals surface area contributed by atoms with Crippen LogP contribution in [0.3, 0.4) is 0 Å². The van der Waals surface area contributed by atoms with E-state index < -0.39 is 23.1 Å². The molecule has 0 aliphatic heterocycles. The summed E-state index contributed by atoms with van der Waals surface area (Å²) in [6.45, 7) is 0. The average molecular weight is 181 g/mol. The van der Waals surface area contributed by atoms with Crippen LogP contribution in [0.4, 0.5) is 4.39 Å². The number of phenols is 1. The second kappa shape index (κ2) is 3.11. The van der Waals surface area contributed by atoms with Crippen molar-refractivity contribution in [1.82, 2.24) is 0 Å². The number of hydrogen-bond acceptors (Lipinski definition) is 3. The smallest absolute Gasteiger partial charge is 0.338 e. The zero-order valence-electron chi connectivity index (χ0n) is 6.28. The largest absolute Gasteiger partial charge is 0.506 e. The van der Waals surface area contributed by atoms with E-state index in [9.17, 15) is 9.18 Å². The Balaban J connectivity index is 3.41. The van der Waals surface area contributed by atoms with Gasteiger partial charge in [0.2, 0.25) is 0 Å². The van der Waals surface area contributed by atoms with Crippen LogP contribution in [-0.2, 0) is 0 Å². The van der Waals surface area contributed by atoms with Crippen LogP contribution in [0, 0.1) is 17.1 Å². The van der Waals surface area contributed by atoms with E-state index in [1.165, 1.54) is 6.07 Å². The SMILES string of the molecule is N#Cc1cc(C(=O)O)c(F)cc1O. The number of rotatable bonds is 1. The fourth-order valence-electron chi connectivity index (χ4n) is 0.816. The number of nitrogens with zero attached hydrogens (tertiary/aromatic N) is 1. The maximum atomic E-state index is 12.8. The first-order valence-electron chi connectivity index (χ1n) is 3.22. The molecule has 5 heteroatoms. The fourth-order valence-corrected chi connectivity index (χ4v) is 0.816. The van der Waals surface area contributed by atoms with Gasteiger partial charge in [0.05, 0.1) is 11.1 Å². The number of aromatic carboxylic acids is 1. The first-order chi connectivity index (χ1) is 6.06. The van der Waals surface area contributed by atoms with E-state index in [1.807, 2.05) is 0 Å². The molecule has 0 aliphatic carbocycles. The minimum atomic E-state index is -1.48. The molecule has 1 aromatic rings. The molecule has 0 unspecified atom stereocenters. The highest BCUT2D eigenvalue weighted by Gasteiger charge is 2.14. The van der Waals surface area contributed by atoms with Crippen LogP contribution in [0.5, 0.6) is 5.75 Å². The lowest BCUT2D eigenvalue weighted by atomic mass is 10.1. The topological polar surface area (TPSA) is 81.3 Å². The summed E-state index contributed by atoms with van der Waals surface area (Å²) in [6.07, 6.45) is 0. The molecule has 66 valence electrons. The van der Waals surface area contributed by atoms with Crippen molar-refractivity contribution in [3.05, 3.63) is 29.1 Å². The van der Waals surface area contributed by atoms with Crippen molar-refractivity contribution in [2.75, 3.05) is 0 Å². The number of carboxylic acid groups (broad SMARTS) is 1. The van der Waals surface area contributed by atoms with Crippen LogP contribution in [0.15, 0.2) is 12.1 Å². The molecule has 0 radical (unpaired) electrons. The lowest BCUT2D eigenvalue weighted by Gasteiger charge is -1.99. The number of carboxylic acids is 1. The monoisotopic (exact) mass is 181 g/mol. The van der Waals surface area contributed by atoms with Gasteiger partial charge in [-0.25, -0.2) is 9.18 Å². The minimum absolute atomic E-state index is 0.265. The summed E-state index contributed by atoms with van der Waals surface area (Å²) in [5.41, 5.74) is -0.895. The van der Waals surface area contributed by atoms with Gasteiger partial charge < -0.3 is 10.2 Å². The molecule has 0 saturated heterocycles. The van der Waals surface area contributed by atoms with Gasteiger partial charge in [0.1, 0.15) is 17.6 Å². The molecule has 0 saturated carbocycles. The molecule has 0 aromatic heterocycles. The minimum Gasteiger partial charge on any atom is -0.506 e. The van der Waals surface area contributed by atoms with Gasteiger partial charge in [0.25, 0.3) is 0 Å². The lowest BCUT2D eigenvalue weighted by Crippen LogP contribution is -2.00. The van der Waals surface area contributed by atoms with E-state index in [0.717, 1.165) is 6.07 Å². The molecule has 0 atom stereocenters. The summed E-state index contributed by atoms with van der Waals surface area (Å²) < 4.78 is 12.8. The fraction of sp³-hybridized carbons (Fsp3) is 0. The Labute approximate surface area is 72.5 Å². The second-order valence-electron chi connectivity index (χ2n) is 2.27. The Morgan fingerprint density at radius 2 is 2.15 bits per heavy atom. The van der Waals surface area contributed by atoms with Crippen molar-refractivity contribution in [1.29, 1.82) is 5.26 Å². The predicted molar refractivity (Wildman–Crippen MR) is 39.7 cm³/mol. The molecule has 0 fully saturated rings. The van der Waals surface area contributed by atoms with Crippen LogP contribution >= 0.6 is 0 Å². The van der Waals surface area contributed by atoms with E-state index in [-0.39, 0.29) is 5.56 Å². The summed E-state index contributed by atoms with van der Waals surface area (Å²) in [5.74, 6) is -3.11. The summed E-state index contributed by atoms with van der Waals surface area (Å²) in [5, 5.41) is 25.8. The number of nitriles is 1. The molecular weight excluding hydrogens is 177 g/mol. The molecule has 1 rings (SSSR count). The Bertz CT molecular complexity index is 409. The molecule has 0 heterocycles. The third kappa shape index (κ3) is 1.56. The normalized spacial score (nSPS) is 9.23. The summed E-state index contributed by atoms with van der Waals surface area (Å²) in [6, 6.07) is 2.92. The summed E-state index contributed by atoms with van der Waals surface area (Å²) >= 11 is 0. The molecule has 0 spiro atoms. The van der Waals surface area contributed by atoms with E-state index in [2.05, 4.69) is 0 Å². The molecule has 0 aliphatic rings. The van der Waals surface area contributed by atoms with Crippen LogP contribution in [0.2, 0.25) is 0 Å². The van der Waals surface area contributed by atoms with Gasteiger partial charge in [-0.3, -0.25) is 0 Å². The Hall–Kier alpha value is -2.09. The van der Waals surface area contributed by atoms with Gasteiger partial charge in [-0.1, -0.05) is 0 Å². The van der Waals surface area contributed by atoms with Gasteiger partial charge in [-0.2, -0.15) is 5.26 Å². The molecule has 2 N–H and O–H groups in total. The van der Waals surface area contributed by atoms with Gasteiger partial charge in [-0.15, -0.1) is 0 Å². The quantitative estimate of drug-likeness (QED) is 0.679. The third-order valence-electron chi connectivity index (χ3n) is 1.44. The zero-order valence-corrected chi connectivity index (χ0v) is 6.28. The standard InChI is InChI=1S/C8H4FNO3/c9-6-2-7(11)4(3-10)1-5(6)8(12)13/h1-2,11H,(H,12,13). The number of hydrogen-bond donors (Lipinski definition) is 2. The first kappa shape index (κ1) is 9.00. The highest BCUT2D eigenvalue weighted by Crippen LogP contribution is 2.20. The highest BCUT2D eigenvalue weighted by atomic mass is 19.1. The molecular formula is C8H4FNO3. The number of aromatic hydroxyl groups is 1. The maximum Gasteiger partial charge on any atom is 0.338 e. The summed E-state index contributed by atoms with van der Waals surface area (Å²) in [7, 11) is 0. The van der Waals surface area contributed by atoms with Crippen molar-refractivity contribution < 1.29 is 19.4 Å². The maximum absolute atomic E-state index is 12.8. The van der Waals surface area contributed by atoms with Gasteiger partial charge in [-0.05, 0) is 6.07 Å². The van der Waals surface area contributed by atoms with Crippen LogP contribution < -0.4 is 0 Å². The van der Waals surface area contributed by atoms with Crippen LogP contribution in [0.1, 0.15) is 15.9 Å². The van der Waals surface area contributed by atoms with Crippen molar-refractivity contribution in [3.8, 4) is 11.8 Å². The Kier molecular flexibility index (Phi) is 2.15. The number of halogens is 1. The number of carbonyl (C=O) groups is 1. The van der Waals surface area contributed by atoms with E-state index in [0.29, 0.717) is 6.07 Å². The van der Waals surface area contributed by atoms with Gasteiger partial charge in [0, 0.05) is 6.07 Å². The average Bonchev–Trinajstić information content (AvgIpc) is 2.03. The number of benzene rings is 1. The van der Waals surface area contributed by atoms with Crippen molar-refractivity contribution >= 4 is 5.97 Å². The van der Waals surface area contributed by atoms with Gasteiger partial charge in [0.15, 0.2) is 0 Å². The molecule has 0 bridgehead atoms. The van der Waals surface area contributed by atoms with Crippen LogP contribution in [-0.4, -0.2) is 16.2 Å². The number of phenolic OH excluding ortho intramolecular Hbond substituents is 1. The highest BCUT2D eigenvalue weighted by molar-refractivity contribution is 5.88. The van der Waals surface area contributed by atoms with Crippen molar-refractivity contribution in [2.24, 2.45) is 0 Å². The van der Waals surface area contributed by atoms with Crippen molar-refractivity contribution in [3.63, 3.8) is 0 Å².